The van der Waals surface area contributed by atoms with Gasteiger partial charge >= 0.3 is 80.4 Å². The summed E-state index contributed by atoms with van der Waals surface area (Å²) in [6.07, 6.45) is 0. The van der Waals surface area contributed by atoms with Gasteiger partial charge in [0.1, 0.15) is 0 Å². The molecular formula is H2MgMn2O9. The van der Waals surface area contributed by atoms with E-state index >= 15 is 0 Å². The van der Waals surface area contributed by atoms with Crippen LogP contribution in [0.2, 0.25) is 0 Å². The Morgan fingerprint density at radius 1 is 0.667 bits per heavy atom. The first-order valence-electron chi connectivity index (χ1n) is 1.23. The van der Waals surface area contributed by atoms with E-state index in [1.807, 2.05) is 0 Å². The van der Waals surface area contributed by atoms with Crippen molar-refractivity contribution in [1.82, 2.24) is 0 Å². The summed E-state index contributed by atoms with van der Waals surface area (Å²) in [5.41, 5.74) is 0. The summed E-state index contributed by atoms with van der Waals surface area (Å²) in [5, 5.41) is 0. The predicted octanol–water partition coefficient (Wildman–Crippen LogP) is -4.30. The third-order valence-electron chi connectivity index (χ3n) is 0. The van der Waals surface area contributed by atoms with Crippen LogP contribution in [0.15, 0.2) is 0 Å². The van der Waals surface area contributed by atoms with Crippen molar-refractivity contribution in [2.45, 2.75) is 0 Å². The van der Waals surface area contributed by atoms with Gasteiger partial charge in [-0.25, -0.2) is 0 Å². The van der Waals surface area contributed by atoms with E-state index in [-0.39, 0.29) is 28.5 Å². The Hall–Kier alpha value is 0.485. The molecule has 0 aliphatic heterocycles. The molecule has 0 radical (unpaired) electrons. The van der Waals surface area contributed by atoms with Gasteiger partial charge in [0, 0.05) is 0 Å². The molecular weight excluding hydrogens is 278 g/mol. The quantitative estimate of drug-likeness (QED) is 0.399. The molecule has 0 spiro atoms. The van der Waals surface area contributed by atoms with Crippen molar-refractivity contribution >= 4 is 23.1 Å². The van der Waals surface area contributed by atoms with E-state index in [2.05, 4.69) is 0 Å². The van der Waals surface area contributed by atoms with Crippen LogP contribution in [-0.2, 0) is 48.9 Å². The van der Waals surface area contributed by atoms with E-state index < -0.39 is 25.9 Å². The molecule has 12 heteroatoms. The first kappa shape index (κ1) is 22.9. The van der Waals surface area contributed by atoms with Gasteiger partial charge < -0.3 is 5.48 Å². The molecule has 0 heterocycles. The van der Waals surface area contributed by atoms with Crippen LogP contribution in [0.1, 0.15) is 0 Å². The fourth-order valence-electron chi connectivity index (χ4n) is 0. The molecule has 0 fully saturated rings. The van der Waals surface area contributed by atoms with Gasteiger partial charge in [0.2, 0.25) is 0 Å². The fourth-order valence-corrected chi connectivity index (χ4v) is 0. The van der Waals surface area contributed by atoms with Crippen LogP contribution in [0.3, 0.4) is 0 Å². The molecule has 0 aromatic carbocycles. The predicted molar refractivity (Wildman–Crippen MR) is 13.5 cm³/mol. The summed E-state index contributed by atoms with van der Waals surface area (Å²) >= 11 is -11.2. The van der Waals surface area contributed by atoms with Crippen LogP contribution >= 0.6 is 0 Å². The zero-order chi connectivity index (χ0) is 9.00. The third-order valence-corrected chi connectivity index (χ3v) is 0. The summed E-state index contributed by atoms with van der Waals surface area (Å²) < 4.78 is 68.6. The Morgan fingerprint density at radius 2 is 0.667 bits per heavy atom. The molecule has 0 aliphatic rings. The van der Waals surface area contributed by atoms with E-state index in [4.69, 9.17) is 31.4 Å². The Kier molecular flexibility index (Phi) is 15.4. The average molecular weight is 280 g/mol. The summed E-state index contributed by atoms with van der Waals surface area (Å²) in [5.74, 6) is 0. The molecule has 0 bridgehead atoms. The molecule has 2 N–H and O–H groups in total. The van der Waals surface area contributed by atoms with E-state index in [9.17, 15) is 0 Å². The van der Waals surface area contributed by atoms with Crippen molar-refractivity contribution < 1.29 is 62.8 Å². The van der Waals surface area contributed by atoms with Crippen molar-refractivity contribution in [3.8, 4) is 0 Å². The van der Waals surface area contributed by atoms with Crippen LogP contribution in [0.4, 0.5) is 0 Å². The molecule has 0 saturated heterocycles. The molecule has 72 valence electrons. The summed E-state index contributed by atoms with van der Waals surface area (Å²) in [6, 6.07) is 0. The second kappa shape index (κ2) is 8.10. The van der Waals surface area contributed by atoms with Crippen molar-refractivity contribution in [2.75, 3.05) is 0 Å². The first-order chi connectivity index (χ1) is 4.00. The molecule has 0 atom stereocenters. The average Bonchev–Trinajstić information content (AvgIpc) is 1.12. The standard InChI is InChI=1S/Mg.2Mn.H2O.8O/h;;;1H2;;;;;;;;/q+2;;;;;;;;;;2*-1. The van der Waals surface area contributed by atoms with Gasteiger partial charge in [-0.2, -0.15) is 0 Å². The fraction of sp³-hybridized carbons (Fsp3) is 0. The Morgan fingerprint density at radius 3 is 0.667 bits per heavy atom. The van der Waals surface area contributed by atoms with Crippen LogP contribution in [0.5, 0.6) is 0 Å². The minimum atomic E-state index is -5.62. The molecule has 0 aromatic rings. The molecule has 9 nitrogen and oxygen atoms in total. The van der Waals surface area contributed by atoms with Gasteiger partial charge in [0.25, 0.3) is 0 Å². The third kappa shape index (κ3) is 4010. The van der Waals surface area contributed by atoms with E-state index in [0.717, 1.165) is 0 Å². The molecule has 12 heavy (non-hydrogen) atoms. The molecule has 0 amide bonds. The van der Waals surface area contributed by atoms with Crippen molar-refractivity contribution in [3.63, 3.8) is 0 Å². The SMILES string of the molecule is O.[Mg+2].[O]=[Mn](=[O])(=[O])[O-].[O]=[Mn](=[O])(=[O])[O-]. The Balaban J connectivity index is -0.0000000457. The van der Waals surface area contributed by atoms with E-state index in [1.165, 1.54) is 0 Å². The molecule has 0 saturated carbocycles. The van der Waals surface area contributed by atoms with Crippen molar-refractivity contribution in [2.24, 2.45) is 0 Å². The monoisotopic (exact) mass is 280 g/mol. The maximum atomic E-state index is 8.58. The summed E-state index contributed by atoms with van der Waals surface area (Å²) in [6.45, 7) is 0. The topological polar surface area (TPSA) is 180 Å². The number of hydrogen-bond donors (Lipinski definition) is 0. The second-order valence-corrected chi connectivity index (χ2v) is 3.12. The van der Waals surface area contributed by atoms with Gasteiger partial charge in [-0.05, 0) is 0 Å². The molecule has 0 rings (SSSR count). The summed E-state index contributed by atoms with van der Waals surface area (Å²) in [4.78, 5) is 0. The van der Waals surface area contributed by atoms with Crippen LogP contribution < -0.4 is 8.38 Å². The normalized spacial score (nSPS) is 9.50. The van der Waals surface area contributed by atoms with E-state index in [0.29, 0.717) is 0 Å². The maximum absolute atomic E-state index is 8.58. The molecule has 0 aliphatic carbocycles. The Bertz CT molecular complexity index is 297. The minimum absolute atomic E-state index is 0. The van der Waals surface area contributed by atoms with Gasteiger partial charge in [-0.3, -0.25) is 0 Å². The van der Waals surface area contributed by atoms with Crippen LogP contribution in [0, 0.1) is 0 Å². The number of hydrogen-bond acceptors (Lipinski definition) is 8. The zero-order valence-corrected chi connectivity index (χ0v) is 9.00. The van der Waals surface area contributed by atoms with Gasteiger partial charge in [0.05, 0.1) is 0 Å². The van der Waals surface area contributed by atoms with Gasteiger partial charge in [0.15, 0.2) is 0 Å². The summed E-state index contributed by atoms with van der Waals surface area (Å²) in [7, 11) is 0. The van der Waals surface area contributed by atoms with Crippen LogP contribution in [-0.4, -0.2) is 28.5 Å². The van der Waals surface area contributed by atoms with Gasteiger partial charge in [-0.15, -0.1) is 0 Å². The van der Waals surface area contributed by atoms with Crippen molar-refractivity contribution in [3.05, 3.63) is 0 Å². The second-order valence-electron chi connectivity index (χ2n) is 0.756. The first-order valence-corrected chi connectivity index (χ1v) is 5.09. The van der Waals surface area contributed by atoms with Crippen molar-refractivity contribution in [1.29, 1.82) is 0 Å². The zero-order valence-electron chi connectivity index (χ0n) is 5.23. The van der Waals surface area contributed by atoms with Gasteiger partial charge in [-0.1, -0.05) is 0 Å². The number of rotatable bonds is 0. The molecule has 0 aromatic heterocycles. The molecule has 0 unspecified atom stereocenters. The van der Waals surface area contributed by atoms with E-state index in [1.54, 1.807) is 0 Å². The Labute approximate surface area is 85.5 Å². The van der Waals surface area contributed by atoms with Crippen LogP contribution in [0.25, 0.3) is 0 Å².